The molecule has 1 aromatic carbocycles. The molecule has 0 radical (unpaired) electrons. The maximum atomic E-state index is 7.58. The van der Waals surface area contributed by atoms with Crippen LogP contribution < -0.4 is 0 Å². The van der Waals surface area contributed by atoms with E-state index in [2.05, 4.69) is 6.07 Å². The standard InChI is InChI=1S/C10H9NS/c11-9-6-5-7-3-1-2-4-8(7)10(9)12/h1-4,11H,5-6H2. The molecule has 1 nitrogen and oxygen atoms in total. The van der Waals surface area contributed by atoms with Crippen LogP contribution in [0.1, 0.15) is 17.5 Å². The Morgan fingerprint density at radius 1 is 1.17 bits per heavy atom. The summed E-state index contributed by atoms with van der Waals surface area (Å²) in [5, 5.41) is 7.58. The summed E-state index contributed by atoms with van der Waals surface area (Å²) in [6.07, 6.45) is 1.77. The van der Waals surface area contributed by atoms with Gasteiger partial charge in [0, 0.05) is 0 Å². The first kappa shape index (κ1) is 7.62. The van der Waals surface area contributed by atoms with Gasteiger partial charge in [0.05, 0.1) is 10.6 Å². The maximum absolute atomic E-state index is 7.58. The average molecular weight is 175 g/mol. The Labute approximate surface area is 76.9 Å². The third kappa shape index (κ3) is 1.08. The van der Waals surface area contributed by atoms with Crippen LogP contribution in [0.2, 0.25) is 0 Å². The molecule has 0 bridgehead atoms. The van der Waals surface area contributed by atoms with Crippen molar-refractivity contribution in [3.8, 4) is 0 Å². The molecule has 1 aliphatic rings. The fourth-order valence-corrected chi connectivity index (χ4v) is 1.80. The molecule has 60 valence electrons. The molecule has 0 aliphatic heterocycles. The van der Waals surface area contributed by atoms with Crippen LogP contribution in [-0.2, 0) is 6.42 Å². The first-order chi connectivity index (χ1) is 5.79. The molecule has 0 saturated carbocycles. The average Bonchev–Trinajstić information content (AvgIpc) is 2.12. The van der Waals surface area contributed by atoms with E-state index in [1.807, 2.05) is 18.2 Å². The molecule has 12 heavy (non-hydrogen) atoms. The van der Waals surface area contributed by atoms with Crippen LogP contribution in [-0.4, -0.2) is 10.6 Å². The summed E-state index contributed by atoms with van der Waals surface area (Å²) >= 11 is 5.16. The highest BCUT2D eigenvalue weighted by molar-refractivity contribution is 7.82. The second-order valence-electron chi connectivity index (χ2n) is 2.96. The molecule has 1 aliphatic carbocycles. The fraction of sp³-hybridized carbons (Fsp3) is 0.200. The van der Waals surface area contributed by atoms with E-state index >= 15 is 0 Å². The molecule has 0 atom stereocenters. The van der Waals surface area contributed by atoms with Gasteiger partial charge in [-0.3, -0.25) is 0 Å². The zero-order chi connectivity index (χ0) is 8.55. The first-order valence-corrected chi connectivity index (χ1v) is 4.40. The summed E-state index contributed by atoms with van der Waals surface area (Å²) in [7, 11) is 0. The molecule has 2 heteroatoms. The molecule has 1 aromatic rings. The minimum atomic E-state index is 0.615. The van der Waals surface area contributed by atoms with Crippen molar-refractivity contribution in [2.45, 2.75) is 12.8 Å². The smallest absolute Gasteiger partial charge is 0.0660 e. The third-order valence-corrected chi connectivity index (χ3v) is 2.65. The Kier molecular flexibility index (Phi) is 1.77. The van der Waals surface area contributed by atoms with Crippen molar-refractivity contribution < 1.29 is 0 Å². The molecule has 0 heterocycles. The molecule has 0 aromatic heterocycles. The molecule has 0 fully saturated rings. The summed E-state index contributed by atoms with van der Waals surface area (Å²) < 4.78 is 0. The number of hydrogen-bond donors (Lipinski definition) is 1. The third-order valence-electron chi connectivity index (χ3n) is 2.18. The molecule has 2 rings (SSSR count). The van der Waals surface area contributed by atoms with Gasteiger partial charge < -0.3 is 5.41 Å². The number of nitrogens with one attached hydrogen (secondary N) is 1. The summed E-state index contributed by atoms with van der Waals surface area (Å²) in [6, 6.07) is 8.10. The lowest BCUT2D eigenvalue weighted by atomic mass is 9.90. The Hall–Kier alpha value is -1.02. The van der Waals surface area contributed by atoms with E-state index < -0.39 is 0 Å². The number of thiocarbonyl (C=S) groups is 1. The van der Waals surface area contributed by atoms with Gasteiger partial charge in [0.2, 0.25) is 0 Å². The van der Waals surface area contributed by atoms with E-state index in [9.17, 15) is 0 Å². The van der Waals surface area contributed by atoms with Crippen molar-refractivity contribution in [2.75, 3.05) is 0 Å². The van der Waals surface area contributed by atoms with Crippen LogP contribution in [0.5, 0.6) is 0 Å². The van der Waals surface area contributed by atoms with Crippen molar-refractivity contribution in [3.63, 3.8) is 0 Å². The van der Waals surface area contributed by atoms with Crippen LogP contribution in [0, 0.1) is 5.41 Å². The van der Waals surface area contributed by atoms with Crippen LogP contribution >= 0.6 is 12.2 Å². The van der Waals surface area contributed by atoms with Gasteiger partial charge in [-0.2, -0.15) is 0 Å². The number of aryl methyl sites for hydroxylation is 1. The van der Waals surface area contributed by atoms with Crippen molar-refractivity contribution in [3.05, 3.63) is 35.4 Å². The Morgan fingerprint density at radius 2 is 1.92 bits per heavy atom. The Morgan fingerprint density at radius 3 is 2.75 bits per heavy atom. The SMILES string of the molecule is N=C1CCc2ccccc2C1=S. The second kappa shape index (κ2) is 2.79. The van der Waals surface area contributed by atoms with E-state index in [1.165, 1.54) is 5.56 Å². The highest BCUT2D eigenvalue weighted by atomic mass is 32.1. The molecule has 0 unspecified atom stereocenters. The van der Waals surface area contributed by atoms with E-state index in [0.717, 1.165) is 23.3 Å². The van der Waals surface area contributed by atoms with E-state index in [4.69, 9.17) is 17.6 Å². The van der Waals surface area contributed by atoms with Crippen molar-refractivity contribution >= 4 is 22.8 Å². The van der Waals surface area contributed by atoms with Gasteiger partial charge in [-0.1, -0.05) is 36.5 Å². The van der Waals surface area contributed by atoms with Gasteiger partial charge in [-0.25, -0.2) is 0 Å². The summed E-state index contributed by atoms with van der Waals surface area (Å²) in [5.74, 6) is 0. The van der Waals surface area contributed by atoms with Crippen LogP contribution in [0.3, 0.4) is 0 Å². The monoisotopic (exact) mass is 175 g/mol. The lowest BCUT2D eigenvalue weighted by Gasteiger charge is -2.16. The quantitative estimate of drug-likeness (QED) is 0.601. The molecule has 1 N–H and O–H groups in total. The number of hydrogen-bond acceptors (Lipinski definition) is 2. The topological polar surface area (TPSA) is 23.9 Å². The van der Waals surface area contributed by atoms with Gasteiger partial charge >= 0.3 is 0 Å². The number of fused-ring (bicyclic) bond motifs is 1. The first-order valence-electron chi connectivity index (χ1n) is 3.99. The van der Waals surface area contributed by atoms with Crippen molar-refractivity contribution in [2.24, 2.45) is 0 Å². The number of benzene rings is 1. The molecule has 0 spiro atoms. The lowest BCUT2D eigenvalue weighted by molar-refractivity contribution is 1.02. The van der Waals surface area contributed by atoms with Gasteiger partial charge in [-0.15, -0.1) is 0 Å². The Balaban J connectivity index is 2.56. The van der Waals surface area contributed by atoms with Crippen LogP contribution in [0.4, 0.5) is 0 Å². The summed E-state index contributed by atoms with van der Waals surface area (Å²) in [5.41, 5.74) is 2.99. The summed E-state index contributed by atoms with van der Waals surface area (Å²) in [4.78, 5) is 0.733. The molecule has 0 saturated heterocycles. The molecule has 0 amide bonds. The zero-order valence-corrected chi connectivity index (χ0v) is 7.45. The number of rotatable bonds is 0. The van der Waals surface area contributed by atoms with Gasteiger partial charge in [0.25, 0.3) is 0 Å². The van der Waals surface area contributed by atoms with E-state index in [1.54, 1.807) is 0 Å². The highest BCUT2D eigenvalue weighted by Gasteiger charge is 2.16. The Bertz CT molecular complexity index is 355. The van der Waals surface area contributed by atoms with Crippen molar-refractivity contribution in [1.29, 1.82) is 5.41 Å². The van der Waals surface area contributed by atoms with E-state index in [-0.39, 0.29) is 0 Å². The van der Waals surface area contributed by atoms with Gasteiger partial charge in [-0.05, 0) is 24.0 Å². The highest BCUT2D eigenvalue weighted by Crippen LogP contribution is 2.19. The minimum Gasteiger partial charge on any atom is -0.304 e. The van der Waals surface area contributed by atoms with Gasteiger partial charge in [0.1, 0.15) is 0 Å². The maximum Gasteiger partial charge on any atom is 0.0660 e. The fourth-order valence-electron chi connectivity index (χ4n) is 1.50. The molecular weight excluding hydrogens is 166 g/mol. The second-order valence-corrected chi connectivity index (χ2v) is 3.37. The predicted octanol–water partition coefficient (Wildman–Crippen LogP) is 2.37. The minimum absolute atomic E-state index is 0.615. The van der Waals surface area contributed by atoms with Crippen LogP contribution in [0.25, 0.3) is 0 Å². The molecular formula is C10H9NS. The van der Waals surface area contributed by atoms with Crippen molar-refractivity contribution in [1.82, 2.24) is 0 Å². The zero-order valence-electron chi connectivity index (χ0n) is 6.63. The summed E-state index contributed by atoms with van der Waals surface area (Å²) in [6.45, 7) is 0. The normalized spacial score (nSPS) is 16.0. The van der Waals surface area contributed by atoms with Gasteiger partial charge in [0.15, 0.2) is 0 Å². The lowest BCUT2D eigenvalue weighted by Crippen LogP contribution is -2.20. The van der Waals surface area contributed by atoms with E-state index in [0.29, 0.717) is 5.71 Å². The predicted molar refractivity (Wildman–Crippen MR) is 54.2 cm³/mol. The largest absolute Gasteiger partial charge is 0.304 e. The van der Waals surface area contributed by atoms with Crippen LogP contribution in [0.15, 0.2) is 24.3 Å².